The summed E-state index contributed by atoms with van der Waals surface area (Å²) in [6.45, 7) is 0.786. The van der Waals surface area contributed by atoms with Gasteiger partial charge in [0.2, 0.25) is 5.91 Å². The minimum Gasteiger partial charge on any atom is -0.488 e. The molecule has 1 aliphatic heterocycles. The number of nitrogens with one attached hydrogen (secondary N) is 2. The van der Waals surface area contributed by atoms with E-state index in [0.29, 0.717) is 19.5 Å². The molecule has 1 heterocycles. The average molecular weight is 353 g/mol. The van der Waals surface area contributed by atoms with Crippen LogP contribution in [0.25, 0.3) is 0 Å². The van der Waals surface area contributed by atoms with Crippen LogP contribution in [0.2, 0.25) is 0 Å². The van der Waals surface area contributed by atoms with E-state index >= 15 is 0 Å². The van der Waals surface area contributed by atoms with Crippen molar-refractivity contribution < 1.29 is 14.3 Å². The number of hydrogen-bond acceptors (Lipinski definition) is 3. The molecular weight excluding hydrogens is 330 g/mol. The fourth-order valence-electron chi connectivity index (χ4n) is 3.09. The number of nitrogens with zero attached hydrogens (tertiary/aromatic N) is 1. The number of urea groups is 1. The Kier molecular flexibility index (Phi) is 5.73. The molecule has 26 heavy (non-hydrogen) atoms. The normalized spacial score (nSPS) is 19.0. The maximum atomic E-state index is 12.6. The lowest BCUT2D eigenvalue weighted by Crippen LogP contribution is -2.48. The van der Waals surface area contributed by atoms with Crippen molar-refractivity contribution >= 4 is 11.9 Å². The van der Waals surface area contributed by atoms with Crippen LogP contribution in [0.4, 0.5) is 4.79 Å². The van der Waals surface area contributed by atoms with Crippen LogP contribution in [0.3, 0.4) is 0 Å². The molecule has 3 amide bonds. The van der Waals surface area contributed by atoms with Crippen LogP contribution in [0, 0.1) is 0 Å². The van der Waals surface area contributed by atoms with E-state index in [1.54, 1.807) is 11.9 Å². The molecule has 136 valence electrons. The number of ether oxygens (including phenoxy) is 1. The van der Waals surface area contributed by atoms with Gasteiger partial charge in [-0.15, -0.1) is 0 Å². The maximum Gasteiger partial charge on any atom is 0.318 e. The topological polar surface area (TPSA) is 70.7 Å². The zero-order valence-corrected chi connectivity index (χ0v) is 14.7. The minimum atomic E-state index is -0.538. The summed E-state index contributed by atoms with van der Waals surface area (Å²) < 4.78 is 5.94. The monoisotopic (exact) mass is 353 g/mol. The molecule has 1 aliphatic rings. The largest absolute Gasteiger partial charge is 0.488 e. The lowest BCUT2D eigenvalue weighted by Gasteiger charge is -2.23. The predicted molar refractivity (Wildman–Crippen MR) is 98.7 cm³/mol. The van der Waals surface area contributed by atoms with Crippen LogP contribution in [-0.4, -0.2) is 42.6 Å². The van der Waals surface area contributed by atoms with Gasteiger partial charge in [-0.3, -0.25) is 4.79 Å². The van der Waals surface area contributed by atoms with Crippen molar-refractivity contribution in [3.8, 4) is 5.75 Å². The number of benzene rings is 2. The predicted octanol–water partition coefficient (Wildman–Crippen LogP) is 2.16. The quantitative estimate of drug-likeness (QED) is 0.865. The number of hydrogen-bond donors (Lipinski definition) is 2. The first-order valence-corrected chi connectivity index (χ1v) is 8.69. The van der Waals surface area contributed by atoms with Crippen molar-refractivity contribution in [2.75, 3.05) is 13.6 Å². The second-order valence-electron chi connectivity index (χ2n) is 6.22. The summed E-state index contributed by atoms with van der Waals surface area (Å²) in [7, 11) is 1.58. The molecule has 1 fully saturated rings. The Bertz CT molecular complexity index is 736. The van der Waals surface area contributed by atoms with Gasteiger partial charge >= 0.3 is 6.03 Å². The first-order chi connectivity index (χ1) is 12.7. The molecule has 2 atom stereocenters. The maximum absolute atomic E-state index is 12.6. The summed E-state index contributed by atoms with van der Waals surface area (Å²) in [4.78, 5) is 26.4. The first kappa shape index (κ1) is 17.8. The summed E-state index contributed by atoms with van der Waals surface area (Å²) in [5.74, 6) is 0.554. The Morgan fingerprint density at radius 3 is 2.38 bits per heavy atom. The second-order valence-corrected chi connectivity index (χ2v) is 6.22. The van der Waals surface area contributed by atoms with Gasteiger partial charge in [0.1, 0.15) is 17.9 Å². The molecule has 2 aromatic rings. The van der Waals surface area contributed by atoms with Crippen molar-refractivity contribution in [2.45, 2.75) is 25.1 Å². The molecule has 0 radical (unpaired) electrons. The van der Waals surface area contributed by atoms with Crippen molar-refractivity contribution in [3.63, 3.8) is 0 Å². The Hall–Kier alpha value is -3.02. The third-order valence-corrected chi connectivity index (χ3v) is 4.41. The highest BCUT2D eigenvalue weighted by molar-refractivity contribution is 5.87. The van der Waals surface area contributed by atoms with Gasteiger partial charge in [-0.2, -0.15) is 0 Å². The number of carbonyl (C=O) groups is 2. The van der Waals surface area contributed by atoms with E-state index in [-0.39, 0.29) is 18.0 Å². The summed E-state index contributed by atoms with van der Waals surface area (Å²) in [5.41, 5.74) is 1.01. The molecule has 0 bridgehead atoms. The molecule has 3 rings (SSSR count). The molecule has 2 N–H and O–H groups in total. The summed E-state index contributed by atoms with van der Waals surface area (Å²) in [5, 5.41) is 5.52. The van der Waals surface area contributed by atoms with Gasteiger partial charge in [-0.1, -0.05) is 48.5 Å². The SMILES string of the molecule is CNC(=O)[C@H]1C[C@H](Oc2ccccc2)CN1C(=O)NCc1ccccc1. The van der Waals surface area contributed by atoms with E-state index < -0.39 is 6.04 Å². The molecule has 0 spiro atoms. The zero-order valence-electron chi connectivity index (χ0n) is 14.7. The number of para-hydroxylation sites is 1. The highest BCUT2D eigenvalue weighted by Gasteiger charge is 2.40. The van der Waals surface area contributed by atoms with E-state index in [0.717, 1.165) is 11.3 Å². The van der Waals surface area contributed by atoms with Gasteiger partial charge in [-0.05, 0) is 17.7 Å². The van der Waals surface area contributed by atoms with Crippen molar-refractivity contribution in [1.29, 1.82) is 0 Å². The van der Waals surface area contributed by atoms with E-state index in [9.17, 15) is 9.59 Å². The number of amides is 3. The zero-order chi connectivity index (χ0) is 18.4. The summed E-state index contributed by atoms with van der Waals surface area (Å²) in [6.07, 6.45) is 0.245. The Labute approximate surface area is 153 Å². The first-order valence-electron chi connectivity index (χ1n) is 8.69. The average Bonchev–Trinajstić information content (AvgIpc) is 3.11. The van der Waals surface area contributed by atoms with E-state index in [4.69, 9.17) is 4.74 Å². The van der Waals surface area contributed by atoms with Crippen LogP contribution < -0.4 is 15.4 Å². The lowest BCUT2D eigenvalue weighted by molar-refractivity contribution is -0.124. The summed E-state index contributed by atoms with van der Waals surface area (Å²) >= 11 is 0. The van der Waals surface area contributed by atoms with Gasteiger partial charge in [0.15, 0.2) is 0 Å². The van der Waals surface area contributed by atoms with E-state index in [2.05, 4.69) is 10.6 Å². The molecule has 2 aromatic carbocycles. The fourth-order valence-corrected chi connectivity index (χ4v) is 3.09. The van der Waals surface area contributed by atoms with Gasteiger partial charge < -0.3 is 20.3 Å². The highest BCUT2D eigenvalue weighted by Crippen LogP contribution is 2.23. The third-order valence-electron chi connectivity index (χ3n) is 4.41. The Morgan fingerprint density at radius 1 is 1.08 bits per heavy atom. The van der Waals surface area contributed by atoms with Crippen molar-refractivity contribution in [1.82, 2.24) is 15.5 Å². The smallest absolute Gasteiger partial charge is 0.318 e. The standard InChI is InChI=1S/C20H23N3O3/c1-21-19(24)18-12-17(26-16-10-6-3-7-11-16)14-23(18)20(25)22-13-15-8-4-2-5-9-15/h2-11,17-18H,12-14H2,1H3,(H,21,24)(H,22,25)/t17-,18+/m0/s1. The third kappa shape index (κ3) is 4.33. The van der Waals surface area contributed by atoms with Crippen molar-refractivity contribution in [2.24, 2.45) is 0 Å². The molecule has 1 saturated heterocycles. The number of likely N-dealkylation sites (N-methyl/N-ethyl adjacent to an activating group) is 1. The van der Waals surface area contributed by atoms with E-state index in [1.165, 1.54) is 0 Å². The van der Waals surface area contributed by atoms with Gasteiger partial charge in [0.25, 0.3) is 0 Å². The fraction of sp³-hybridized carbons (Fsp3) is 0.300. The number of rotatable bonds is 5. The van der Waals surface area contributed by atoms with Crippen molar-refractivity contribution in [3.05, 3.63) is 66.2 Å². The van der Waals surface area contributed by atoms with Gasteiger partial charge in [-0.25, -0.2) is 4.79 Å². The highest BCUT2D eigenvalue weighted by atomic mass is 16.5. The molecule has 0 aliphatic carbocycles. The Morgan fingerprint density at radius 2 is 1.73 bits per heavy atom. The molecule has 6 heteroatoms. The van der Waals surface area contributed by atoms with Crippen LogP contribution >= 0.6 is 0 Å². The number of likely N-dealkylation sites (tertiary alicyclic amines) is 1. The molecule has 0 unspecified atom stereocenters. The van der Waals surface area contributed by atoms with Crippen LogP contribution in [-0.2, 0) is 11.3 Å². The minimum absolute atomic E-state index is 0.181. The summed E-state index contributed by atoms with van der Waals surface area (Å²) in [6, 6.07) is 18.3. The van der Waals surface area contributed by atoms with Crippen LogP contribution in [0.15, 0.2) is 60.7 Å². The van der Waals surface area contributed by atoms with Crippen LogP contribution in [0.5, 0.6) is 5.75 Å². The van der Waals surface area contributed by atoms with Gasteiger partial charge in [0, 0.05) is 20.0 Å². The molecule has 0 aromatic heterocycles. The lowest BCUT2D eigenvalue weighted by atomic mass is 10.2. The Balaban J connectivity index is 1.64. The molecular formula is C20H23N3O3. The molecule has 0 saturated carbocycles. The second kappa shape index (κ2) is 8.38. The van der Waals surface area contributed by atoms with Crippen LogP contribution in [0.1, 0.15) is 12.0 Å². The van der Waals surface area contributed by atoms with E-state index in [1.807, 2.05) is 60.7 Å². The number of carbonyl (C=O) groups excluding carboxylic acids is 2. The molecule has 6 nitrogen and oxygen atoms in total. The van der Waals surface area contributed by atoms with Gasteiger partial charge in [0.05, 0.1) is 6.54 Å².